The summed E-state index contributed by atoms with van der Waals surface area (Å²) >= 11 is 0. The first kappa shape index (κ1) is 6.99. The van der Waals surface area contributed by atoms with Crippen LogP contribution in [0.3, 0.4) is 0 Å². The Bertz CT molecular complexity index is 74.4. The fourth-order valence-electron chi connectivity index (χ4n) is 0.816. The molecule has 1 heterocycles. The van der Waals surface area contributed by atoms with E-state index in [0.29, 0.717) is 6.29 Å². The van der Waals surface area contributed by atoms with Crippen LogP contribution in [0, 0.1) is 6.29 Å². The van der Waals surface area contributed by atoms with E-state index in [4.69, 9.17) is 14.2 Å². The fourth-order valence-corrected chi connectivity index (χ4v) is 0.816. The predicted molar refractivity (Wildman–Crippen MR) is 31.4 cm³/mol. The summed E-state index contributed by atoms with van der Waals surface area (Å²) in [5.41, 5.74) is 0. The van der Waals surface area contributed by atoms with Crippen LogP contribution in [0.15, 0.2) is 0 Å². The van der Waals surface area contributed by atoms with Gasteiger partial charge in [0.15, 0.2) is 6.29 Å². The molecule has 1 radical (unpaired) electrons. The number of methoxy groups -OCH3 is 2. The Labute approximate surface area is 54.9 Å². The molecule has 0 spiro atoms. The van der Waals surface area contributed by atoms with Gasteiger partial charge in [-0.1, -0.05) is 0 Å². The molecule has 1 aliphatic heterocycles. The van der Waals surface area contributed by atoms with E-state index in [1.54, 1.807) is 14.2 Å². The van der Waals surface area contributed by atoms with Crippen molar-refractivity contribution in [2.75, 3.05) is 14.2 Å². The van der Waals surface area contributed by atoms with Crippen LogP contribution >= 0.6 is 0 Å². The summed E-state index contributed by atoms with van der Waals surface area (Å²) in [7, 11) is 3.23. The van der Waals surface area contributed by atoms with Crippen LogP contribution in [0.2, 0.25) is 0 Å². The molecule has 53 valence electrons. The van der Waals surface area contributed by atoms with Crippen LogP contribution in [0.5, 0.6) is 0 Å². The molecule has 0 N–H and O–H groups in total. The highest BCUT2D eigenvalue weighted by molar-refractivity contribution is 4.73. The molecule has 1 fully saturated rings. The monoisotopic (exact) mass is 131 g/mol. The molecule has 0 bridgehead atoms. The second kappa shape index (κ2) is 3.15. The Morgan fingerprint density at radius 1 is 1.56 bits per heavy atom. The number of hydrogen-bond acceptors (Lipinski definition) is 3. The van der Waals surface area contributed by atoms with E-state index >= 15 is 0 Å². The topological polar surface area (TPSA) is 27.7 Å². The zero-order chi connectivity index (χ0) is 6.69. The van der Waals surface area contributed by atoms with Crippen LogP contribution in [-0.4, -0.2) is 20.5 Å². The van der Waals surface area contributed by atoms with Gasteiger partial charge in [0.05, 0.1) is 0 Å². The van der Waals surface area contributed by atoms with Gasteiger partial charge in [-0.3, -0.25) is 0 Å². The average Bonchev–Trinajstić information content (AvgIpc) is 2.34. The van der Waals surface area contributed by atoms with Crippen molar-refractivity contribution in [3.63, 3.8) is 0 Å². The van der Waals surface area contributed by atoms with Gasteiger partial charge in [-0.2, -0.15) is 0 Å². The quantitative estimate of drug-likeness (QED) is 0.557. The van der Waals surface area contributed by atoms with Crippen LogP contribution in [0.4, 0.5) is 0 Å². The van der Waals surface area contributed by atoms with E-state index in [-0.39, 0.29) is 6.29 Å². The second-order valence-corrected chi connectivity index (χ2v) is 1.90. The number of rotatable bonds is 2. The maximum absolute atomic E-state index is 5.13. The molecular weight excluding hydrogens is 120 g/mol. The third kappa shape index (κ3) is 1.64. The first-order valence-electron chi connectivity index (χ1n) is 2.96. The molecule has 0 saturated carbocycles. The summed E-state index contributed by atoms with van der Waals surface area (Å²) < 4.78 is 14.9. The molecule has 1 rings (SSSR count). The summed E-state index contributed by atoms with van der Waals surface area (Å²) in [5.74, 6) is 0. The van der Waals surface area contributed by atoms with Crippen LogP contribution in [0.25, 0.3) is 0 Å². The van der Waals surface area contributed by atoms with Gasteiger partial charge < -0.3 is 14.2 Å². The predicted octanol–water partition coefficient (Wildman–Crippen LogP) is 0.905. The molecule has 0 aromatic heterocycles. The van der Waals surface area contributed by atoms with Crippen LogP contribution in [0.1, 0.15) is 12.8 Å². The van der Waals surface area contributed by atoms with Gasteiger partial charge in [-0.25, -0.2) is 0 Å². The maximum atomic E-state index is 5.13. The van der Waals surface area contributed by atoms with Gasteiger partial charge in [0.2, 0.25) is 6.29 Å². The van der Waals surface area contributed by atoms with E-state index in [1.165, 1.54) is 0 Å². The Hall–Kier alpha value is -0.120. The van der Waals surface area contributed by atoms with Crippen molar-refractivity contribution in [3.8, 4) is 0 Å². The molecule has 1 unspecified atom stereocenters. The maximum Gasteiger partial charge on any atom is 0.225 e. The summed E-state index contributed by atoms with van der Waals surface area (Å²) in [5, 5.41) is 0. The number of hydrogen-bond donors (Lipinski definition) is 0. The summed E-state index contributed by atoms with van der Waals surface area (Å²) in [6, 6.07) is 0. The SMILES string of the molecule is CO[C]1CCC(OC)O1. The van der Waals surface area contributed by atoms with Gasteiger partial charge in [-0.05, 0) is 0 Å². The smallest absolute Gasteiger partial charge is 0.225 e. The highest BCUT2D eigenvalue weighted by atomic mass is 16.8. The van der Waals surface area contributed by atoms with E-state index in [9.17, 15) is 0 Å². The average molecular weight is 131 g/mol. The lowest BCUT2D eigenvalue weighted by atomic mass is 10.3. The molecule has 0 aliphatic carbocycles. The lowest BCUT2D eigenvalue weighted by molar-refractivity contribution is -0.130. The van der Waals surface area contributed by atoms with Crippen molar-refractivity contribution in [1.82, 2.24) is 0 Å². The van der Waals surface area contributed by atoms with E-state index in [0.717, 1.165) is 12.8 Å². The Morgan fingerprint density at radius 3 is 2.67 bits per heavy atom. The molecule has 3 nitrogen and oxygen atoms in total. The van der Waals surface area contributed by atoms with E-state index in [2.05, 4.69) is 0 Å². The second-order valence-electron chi connectivity index (χ2n) is 1.90. The van der Waals surface area contributed by atoms with E-state index in [1.807, 2.05) is 0 Å². The van der Waals surface area contributed by atoms with Crippen LogP contribution < -0.4 is 0 Å². The molecule has 1 aliphatic rings. The van der Waals surface area contributed by atoms with Gasteiger partial charge in [0.25, 0.3) is 0 Å². The van der Waals surface area contributed by atoms with Crippen molar-refractivity contribution < 1.29 is 14.2 Å². The Balaban J connectivity index is 2.20. The van der Waals surface area contributed by atoms with Gasteiger partial charge in [0, 0.05) is 27.1 Å². The zero-order valence-electron chi connectivity index (χ0n) is 5.72. The Kier molecular flexibility index (Phi) is 2.45. The zero-order valence-corrected chi connectivity index (χ0v) is 5.72. The normalized spacial score (nSPS) is 29.3. The first-order valence-corrected chi connectivity index (χ1v) is 2.96. The largest absolute Gasteiger partial charge is 0.356 e. The van der Waals surface area contributed by atoms with Gasteiger partial charge >= 0.3 is 0 Å². The first-order chi connectivity index (χ1) is 4.36. The lowest BCUT2D eigenvalue weighted by Crippen LogP contribution is -2.08. The summed E-state index contributed by atoms with van der Waals surface area (Å²) in [4.78, 5) is 0. The molecule has 0 aromatic carbocycles. The van der Waals surface area contributed by atoms with Crippen LogP contribution in [-0.2, 0) is 14.2 Å². The molecule has 9 heavy (non-hydrogen) atoms. The van der Waals surface area contributed by atoms with Crippen molar-refractivity contribution in [3.05, 3.63) is 6.29 Å². The highest BCUT2D eigenvalue weighted by Crippen LogP contribution is 2.25. The molecule has 1 saturated heterocycles. The third-order valence-corrected chi connectivity index (χ3v) is 1.34. The summed E-state index contributed by atoms with van der Waals surface area (Å²) in [6.45, 7) is 0. The van der Waals surface area contributed by atoms with Gasteiger partial charge in [0.1, 0.15) is 0 Å². The molecule has 0 aromatic rings. The lowest BCUT2D eigenvalue weighted by Gasteiger charge is -2.07. The molecule has 0 amide bonds. The minimum absolute atomic E-state index is 0.0834. The Morgan fingerprint density at radius 2 is 2.33 bits per heavy atom. The molecular formula is C6H11O3. The number of ether oxygens (including phenoxy) is 3. The van der Waals surface area contributed by atoms with Crippen molar-refractivity contribution in [2.45, 2.75) is 19.1 Å². The minimum Gasteiger partial charge on any atom is -0.356 e. The molecule has 3 heteroatoms. The summed E-state index contributed by atoms with van der Waals surface area (Å²) in [6.07, 6.45) is 2.36. The minimum atomic E-state index is -0.0834. The third-order valence-electron chi connectivity index (χ3n) is 1.34. The van der Waals surface area contributed by atoms with E-state index < -0.39 is 0 Å². The molecule has 1 atom stereocenters. The van der Waals surface area contributed by atoms with Crippen molar-refractivity contribution in [1.29, 1.82) is 0 Å². The fraction of sp³-hybridized carbons (Fsp3) is 0.833. The van der Waals surface area contributed by atoms with Crippen molar-refractivity contribution >= 4 is 0 Å². The standard InChI is InChI=1S/C6H11O3/c1-7-5-3-4-6(8-2)9-5/h5H,3-4H2,1-2H3. The van der Waals surface area contributed by atoms with Crippen molar-refractivity contribution in [2.24, 2.45) is 0 Å². The highest BCUT2D eigenvalue weighted by Gasteiger charge is 2.25. The van der Waals surface area contributed by atoms with Gasteiger partial charge in [-0.15, -0.1) is 0 Å².